The number of benzene rings is 3. The summed E-state index contributed by atoms with van der Waals surface area (Å²) >= 11 is 5.89. The molecular formula is C28H29ClFNO4S. The molecule has 3 aromatic carbocycles. The molecular weight excluding hydrogens is 501 g/mol. The zero-order valence-electron chi connectivity index (χ0n) is 20.1. The number of ether oxygens (including phenoxy) is 1. The monoisotopic (exact) mass is 529 g/mol. The van der Waals surface area contributed by atoms with E-state index < -0.39 is 21.3 Å². The van der Waals surface area contributed by atoms with E-state index in [-0.39, 0.29) is 28.0 Å². The molecule has 4 rings (SSSR count). The van der Waals surface area contributed by atoms with Gasteiger partial charge in [0, 0.05) is 5.69 Å². The quantitative estimate of drug-likeness (QED) is 0.353. The van der Waals surface area contributed by atoms with Gasteiger partial charge in [-0.2, -0.15) is 0 Å². The summed E-state index contributed by atoms with van der Waals surface area (Å²) in [5, 5.41) is 2.94. The summed E-state index contributed by atoms with van der Waals surface area (Å²) in [6.07, 6.45) is 4.78. The van der Waals surface area contributed by atoms with Crippen molar-refractivity contribution in [1.82, 2.24) is 0 Å². The lowest BCUT2D eigenvalue weighted by atomic mass is 9.79. The van der Waals surface area contributed by atoms with Crippen LogP contribution in [0.15, 0.2) is 71.6 Å². The standard InChI is InChI=1S/C28H29ClFNO4S/c1-2-36(33,34)24-13-6-20(7-14-24)18-27(32)31-22-9-11-23(12-10-22)35-28(16-4-3-5-17-28)21-8-15-25(29)26(30)19-21/h6-15,19H,2-5,16-18H2,1H3,(H,31,32). The largest absolute Gasteiger partial charge is 0.483 e. The molecule has 0 unspecified atom stereocenters. The second-order valence-electron chi connectivity index (χ2n) is 9.08. The van der Waals surface area contributed by atoms with E-state index in [1.165, 1.54) is 18.2 Å². The highest BCUT2D eigenvalue weighted by molar-refractivity contribution is 7.91. The molecule has 0 aliphatic heterocycles. The number of rotatable bonds is 8. The Labute approximate surface area is 216 Å². The Morgan fingerprint density at radius 1 is 1.00 bits per heavy atom. The minimum absolute atomic E-state index is 0.0320. The van der Waals surface area contributed by atoms with Gasteiger partial charge >= 0.3 is 0 Å². The van der Waals surface area contributed by atoms with Crippen LogP contribution in [0.1, 0.15) is 50.2 Å². The van der Waals surface area contributed by atoms with E-state index in [1.54, 1.807) is 49.4 Å². The second kappa shape index (κ2) is 11.0. The van der Waals surface area contributed by atoms with Crippen molar-refractivity contribution in [3.8, 4) is 5.75 Å². The summed E-state index contributed by atoms with van der Waals surface area (Å²) in [4.78, 5) is 12.8. The number of nitrogens with one attached hydrogen (secondary N) is 1. The van der Waals surface area contributed by atoms with Crippen molar-refractivity contribution in [3.63, 3.8) is 0 Å². The minimum atomic E-state index is -3.27. The Kier molecular flexibility index (Phi) is 8.00. The number of sulfone groups is 1. The van der Waals surface area contributed by atoms with Crippen LogP contribution in [-0.4, -0.2) is 20.1 Å². The van der Waals surface area contributed by atoms with Crippen LogP contribution in [0.4, 0.5) is 10.1 Å². The molecule has 1 amide bonds. The molecule has 0 radical (unpaired) electrons. The number of carbonyl (C=O) groups excluding carboxylic acids is 1. The molecule has 0 atom stereocenters. The molecule has 0 aromatic heterocycles. The molecule has 8 heteroatoms. The minimum Gasteiger partial charge on any atom is -0.483 e. The van der Waals surface area contributed by atoms with Gasteiger partial charge in [-0.1, -0.05) is 43.1 Å². The van der Waals surface area contributed by atoms with Crippen molar-refractivity contribution in [2.24, 2.45) is 0 Å². The van der Waals surface area contributed by atoms with Crippen LogP contribution in [0.25, 0.3) is 0 Å². The van der Waals surface area contributed by atoms with Crippen molar-refractivity contribution in [2.45, 2.75) is 55.9 Å². The Bertz CT molecular complexity index is 1320. The number of amides is 1. The fourth-order valence-corrected chi connectivity index (χ4v) is 5.56. The first-order chi connectivity index (χ1) is 17.2. The molecule has 0 heterocycles. The smallest absolute Gasteiger partial charge is 0.228 e. The van der Waals surface area contributed by atoms with Crippen molar-refractivity contribution >= 4 is 33.0 Å². The van der Waals surface area contributed by atoms with Crippen molar-refractivity contribution in [2.75, 3.05) is 11.1 Å². The van der Waals surface area contributed by atoms with E-state index in [4.69, 9.17) is 16.3 Å². The molecule has 1 aliphatic rings. The Balaban J connectivity index is 1.42. The summed E-state index contributed by atoms with van der Waals surface area (Å²) in [5.74, 6) is 0.0000859. The SMILES string of the molecule is CCS(=O)(=O)c1ccc(CC(=O)Nc2ccc(OC3(c4ccc(Cl)c(F)c4)CCCCC3)cc2)cc1. The van der Waals surface area contributed by atoms with E-state index in [1.807, 2.05) is 6.07 Å². The third kappa shape index (κ3) is 6.08. The first-order valence-electron chi connectivity index (χ1n) is 12.1. The summed E-state index contributed by atoms with van der Waals surface area (Å²) < 4.78 is 44.6. The van der Waals surface area contributed by atoms with Gasteiger partial charge in [0.1, 0.15) is 17.2 Å². The van der Waals surface area contributed by atoms with Gasteiger partial charge in [0.25, 0.3) is 0 Å². The number of anilines is 1. The first kappa shape index (κ1) is 26.2. The predicted octanol–water partition coefficient (Wildman–Crippen LogP) is 6.69. The van der Waals surface area contributed by atoms with E-state index in [0.717, 1.165) is 43.2 Å². The fourth-order valence-electron chi connectivity index (χ4n) is 4.56. The van der Waals surface area contributed by atoms with Gasteiger partial charge < -0.3 is 10.1 Å². The van der Waals surface area contributed by atoms with E-state index >= 15 is 0 Å². The van der Waals surface area contributed by atoms with Crippen molar-refractivity contribution in [3.05, 3.63) is 88.7 Å². The van der Waals surface area contributed by atoms with Crippen molar-refractivity contribution in [1.29, 1.82) is 0 Å². The van der Waals surface area contributed by atoms with Crippen LogP contribution in [0.3, 0.4) is 0 Å². The van der Waals surface area contributed by atoms with Crippen LogP contribution < -0.4 is 10.1 Å². The van der Waals surface area contributed by atoms with Crippen LogP contribution in [0.2, 0.25) is 5.02 Å². The van der Waals surface area contributed by atoms with Crippen molar-refractivity contribution < 1.29 is 22.3 Å². The van der Waals surface area contributed by atoms with Crippen LogP contribution in [0.5, 0.6) is 5.75 Å². The Hall–Kier alpha value is -2.90. The lowest BCUT2D eigenvalue weighted by molar-refractivity contribution is -0.115. The third-order valence-electron chi connectivity index (χ3n) is 6.59. The summed E-state index contributed by atoms with van der Waals surface area (Å²) in [5.41, 5.74) is 1.50. The summed E-state index contributed by atoms with van der Waals surface area (Å²) in [6.45, 7) is 1.60. The maximum absolute atomic E-state index is 14.2. The summed E-state index contributed by atoms with van der Waals surface area (Å²) in [6, 6.07) is 18.4. The molecule has 1 N–H and O–H groups in total. The average Bonchev–Trinajstić information content (AvgIpc) is 2.87. The van der Waals surface area contributed by atoms with Crippen LogP contribution in [-0.2, 0) is 26.7 Å². The molecule has 1 fully saturated rings. The average molecular weight is 530 g/mol. The van der Waals surface area contributed by atoms with E-state index in [0.29, 0.717) is 11.4 Å². The second-order valence-corrected chi connectivity index (χ2v) is 11.8. The van der Waals surface area contributed by atoms with Gasteiger partial charge in [0.05, 0.1) is 22.1 Å². The lowest BCUT2D eigenvalue weighted by Crippen LogP contribution is -2.35. The molecule has 0 saturated heterocycles. The Morgan fingerprint density at radius 3 is 2.28 bits per heavy atom. The molecule has 5 nitrogen and oxygen atoms in total. The maximum Gasteiger partial charge on any atom is 0.228 e. The van der Waals surface area contributed by atoms with Gasteiger partial charge in [-0.15, -0.1) is 0 Å². The predicted molar refractivity (Wildman–Crippen MR) is 140 cm³/mol. The molecule has 1 aliphatic carbocycles. The zero-order valence-corrected chi connectivity index (χ0v) is 21.7. The van der Waals surface area contributed by atoms with Gasteiger partial charge in [0.2, 0.25) is 5.91 Å². The van der Waals surface area contributed by atoms with Gasteiger partial charge in [-0.25, -0.2) is 12.8 Å². The highest BCUT2D eigenvalue weighted by Gasteiger charge is 2.36. The summed E-state index contributed by atoms with van der Waals surface area (Å²) in [7, 11) is -3.27. The third-order valence-corrected chi connectivity index (χ3v) is 8.64. The maximum atomic E-state index is 14.2. The lowest BCUT2D eigenvalue weighted by Gasteiger charge is -2.38. The normalized spacial score (nSPS) is 15.3. The molecule has 190 valence electrons. The topological polar surface area (TPSA) is 72.5 Å². The number of hydrogen-bond acceptors (Lipinski definition) is 4. The number of halogens is 2. The molecule has 3 aromatic rings. The molecule has 0 bridgehead atoms. The van der Waals surface area contributed by atoms with Crippen LogP contribution in [0, 0.1) is 5.82 Å². The Morgan fingerprint density at radius 2 is 1.67 bits per heavy atom. The molecule has 36 heavy (non-hydrogen) atoms. The van der Waals surface area contributed by atoms with E-state index in [2.05, 4.69) is 5.32 Å². The number of hydrogen-bond donors (Lipinski definition) is 1. The van der Waals surface area contributed by atoms with Gasteiger partial charge in [-0.3, -0.25) is 4.79 Å². The van der Waals surface area contributed by atoms with Crippen LogP contribution >= 0.6 is 11.6 Å². The molecule has 1 saturated carbocycles. The van der Waals surface area contributed by atoms with Gasteiger partial charge in [0.15, 0.2) is 9.84 Å². The number of carbonyl (C=O) groups is 1. The van der Waals surface area contributed by atoms with E-state index in [9.17, 15) is 17.6 Å². The highest BCUT2D eigenvalue weighted by atomic mass is 35.5. The highest BCUT2D eigenvalue weighted by Crippen LogP contribution is 2.42. The van der Waals surface area contributed by atoms with Gasteiger partial charge in [-0.05, 0) is 85.3 Å². The fraction of sp³-hybridized carbons (Fsp3) is 0.321. The zero-order chi connectivity index (χ0) is 25.8. The molecule has 0 spiro atoms. The first-order valence-corrected chi connectivity index (χ1v) is 14.1.